The third-order valence-electron chi connectivity index (χ3n) is 3.19. The number of fused-ring (bicyclic) bond motifs is 1. The highest BCUT2D eigenvalue weighted by atomic mass is 16.5. The molecule has 3 nitrogen and oxygen atoms in total. The molecule has 2 N–H and O–H groups in total. The standard InChI is InChI=1S/C15H22N2O/c1-18-10-6-2-5-9-16-11-13-12-17-15-8-4-3-7-14(13)15/h3-4,7-8,12,16-17H,2,5-6,9-11H2,1H3. The largest absolute Gasteiger partial charge is 0.385 e. The van der Waals surface area contributed by atoms with Gasteiger partial charge in [0.1, 0.15) is 0 Å². The number of benzene rings is 1. The summed E-state index contributed by atoms with van der Waals surface area (Å²) < 4.78 is 5.03. The van der Waals surface area contributed by atoms with Crippen LogP contribution in [0.5, 0.6) is 0 Å². The zero-order chi connectivity index (χ0) is 12.6. The van der Waals surface area contributed by atoms with Crippen LogP contribution in [0.2, 0.25) is 0 Å². The molecular formula is C15H22N2O. The van der Waals surface area contributed by atoms with Gasteiger partial charge < -0.3 is 15.0 Å². The molecule has 0 aliphatic rings. The highest BCUT2D eigenvalue weighted by Crippen LogP contribution is 2.17. The Balaban J connectivity index is 1.70. The molecule has 1 aromatic carbocycles. The molecule has 0 amide bonds. The molecule has 0 fully saturated rings. The van der Waals surface area contributed by atoms with Crippen molar-refractivity contribution in [1.29, 1.82) is 0 Å². The van der Waals surface area contributed by atoms with Gasteiger partial charge in [0.15, 0.2) is 0 Å². The van der Waals surface area contributed by atoms with Crippen LogP contribution in [-0.2, 0) is 11.3 Å². The summed E-state index contributed by atoms with van der Waals surface area (Å²) in [5.41, 5.74) is 2.57. The molecule has 0 radical (unpaired) electrons. The zero-order valence-corrected chi connectivity index (χ0v) is 11.0. The number of para-hydroxylation sites is 1. The summed E-state index contributed by atoms with van der Waals surface area (Å²) in [7, 11) is 1.76. The van der Waals surface area contributed by atoms with E-state index in [0.717, 1.165) is 26.1 Å². The Bertz CT molecular complexity index is 464. The summed E-state index contributed by atoms with van der Waals surface area (Å²) >= 11 is 0. The van der Waals surface area contributed by atoms with Crippen LogP contribution < -0.4 is 5.32 Å². The summed E-state index contributed by atoms with van der Waals surface area (Å²) in [6, 6.07) is 8.43. The topological polar surface area (TPSA) is 37.0 Å². The molecule has 1 aromatic heterocycles. The molecule has 0 saturated carbocycles. The van der Waals surface area contributed by atoms with Crippen molar-refractivity contribution < 1.29 is 4.74 Å². The first kappa shape index (κ1) is 13.1. The molecule has 0 saturated heterocycles. The number of nitrogens with one attached hydrogen (secondary N) is 2. The van der Waals surface area contributed by atoms with Crippen LogP contribution in [0.1, 0.15) is 24.8 Å². The van der Waals surface area contributed by atoms with Crippen molar-refractivity contribution in [1.82, 2.24) is 10.3 Å². The first-order valence-corrected chi connectivity index (χ1v) is 6.66. The van der Waals surface area contributed by atoms with Crippen molar-refractivity contribution in [3.05, 3.63) is 36.0 Å². The van der Waals surface area contributed by atoms with Crippen molar-refractivity contribution in [2.75, 3.05) is 20.3 Å². The van der Waals surface area contributed by atoms with E-state index >= 15 is 0 Å². The maximum absolute atomic E-state index is 5.03. The molecule has 0 unspecified atom stereocenters. The molecule has 98 valence electrons. The summed E-state index contributed by atoms with van der Waals surface area (Å²) in [5, 5.41) is 4.82. The number of hydrogen-bond acceptors (Lipinski definition) is 2. The van der Waals surface area contributed by atoms with Gasteiger partial charge in [-0.3, -0.25) is 0 Å². The number of H-pyrrole nitrogens is 1. The fourth-order valence-electron chi connectivity index (χ4n) is 2.17. The number of aromatic amines is 1. The maximum Gasteiger partial charge on any atom is 0.0462 e. The van der Waals surface area contributed by atoms with Crippen molar-refractivity contribution in [2.45, 2.75) is 25.8 Å². The highest BCUT2D eigenvalue weighted by molar-refractivity contribution is 5.82. The van der Waals surface area contributed by atoms with Crippen LogP contribution in [0.15, 0.2) is 30.5 Å². The Morgan fingerprint density at radius 2 is 2.06 bits per heavy atom. The normalized spacial score (nSPS) is 11.2. The van der Waals surface area contributed by atoms with Gasteiger partial charge in [0, 0.05) is 37.4 Å². The average molecular weight is 246 g/mol. The summed E-state index contributed by atoms with van der Waals surface area (Å²) in [6.07, 6.45) is 5.70. The van der Waals surface area contributed by atoms with E-state index in [-0.39, 0.29) is 0 Å². The summed E-state index contributed by atoms with van der Waals surface area (Å²) in [5.74, 6) is 0. The van der Waals surface area contributed by atoms with Crippen molar-refractivity contribution in [2.24, 2.45) is 0 Å². The lowest BCUT2D eigenvalue weighted by Gasteiger charge is -2.04. The fourth-order valence-corrected chi connectivity index (χ4v) is 2.17. The molecule has 0 aliphatic carbocycles. The Labute approximate surface area is 109 Å². The molecule has 18 heavy (non-hydrogen) atoms. The van der Waals surface area contributed by atoms with Crippen LogP contribution in [0.3, 0.4) is 0 Å². The third-order valence-corrected chi connectivity index (χ3v) is 3.19. The first-order valence-electron chi connectivity index (χ1n) is 6.66. The molecule has 2 aromatic rings. The van der Waals surface area contributed by atoms with E-state index in [4.69, 9.17) is 4.74 Å². The minimum atomic E-state index is 0.877. The van der Waals surface area contributed by atoms with Crippen LogP contribution in [0.25, 0.3) is 10.9 Å². The lowest BCUT2D eigenvalue weighted by molar-refractivity contribution is 0.192. The quantitative estimate of drug-likeness (QED) is 0.702. The highest BCUT2D eigenvalue weighted by Gasteiger charge is 2.01. The zero-order valence-electron chi connectivity index (χ0n) is 11.0. The number of unbranched alkanes of at least 4 members (excludes halogenated alkanes) is 2. The minimum absolute atomic E-state index is 0.877. The van der Waals surface area contributed by atoms with Crippen LogP contribution >= 0.6 is 0 Å². The van der Waals surface area contributed by atoms with Crippen LogP contribution in [0.4, 0.5) is 0 Å². The van der Waals surface area contributed by atoms with Gasteiger partial charge in [0.2, 0.25) is 0 Å². The molecule has 0 aliphatic heterocycles. The van der Waals surface area contributed by atoms with E-state index in [1.165, 1.54) is 29.3 Å². The van der Waals surface area contributed by atoms with E-state index in [1.807, 2.05) is 0 Å². The van der Waals surface area contributed by atoms with Gasteiger partial charge in [-0.2, -0.15) is 0 Å². The number of methoxy groups -OCH3 is 1. The average Bonchev–Trinajstić information content (AvgIpc) is 2.81. The number of hydrogen-bond donors (Lipinski definition) is 2. The van der Waals surface area contributed by atoms with E-state index in [2.05, 4.69) is 40.8 Å². The van der Waals surface area contributed by atoms with Crippen molar-refractivity contribution in [3.8, 4) is 0 Å². The summed E-state index contributed by atoms with van der Waals surface area (Å²) in [4.78, 5) is 3.30. The molecular weight excluding hydrogens is 224 g/mol. The van der Waals surface area contributed by atoms with Gasteiger partial charge in [-0.05, 0) is 37.4 Å². The van der Waals surface area contributed by atoms with Gasteiger partial charge in [-0.1, -0.05) is 18.2 Å². The monoisotopic (exact) mass is 246 g/mol. The lowest BCUT2D eigenvalue weighted by atomic mass is 10.2. The van der Waals surface area contributed by atoms with Crippen LogP contribution in [-0.4, -0.2) is 25.2 Å². The van der Waals surface area contributed by atoms with E-state index < -0.39 is 0 Å². The second-order valence-electron chi connectivity index (χ2n) is 4.59. The molecule has 1 heterocycles. The smallest absolute Gasteiger partial charge is 0.0462 e. The lowest BCUT2D eigenvalue weighted by Crippen LogP contribution is -2.14. The molecule has 0 bridgehead atoms. The Morgan fingerprint density at radius 1 is 1.17 bits per heavy atom. The fraction of sp³-hybridized carbons (Fsp3) is 0.467. The summed E-state index contributed by atoms with van der Waals surface area (Å²) in [6.45, 7) is 2.89. The predicted molar refractivity (Wildman–Crippen MR) is 75.7 cm³/mol. The van der Waals surface area contributed by atoms with Gasteiger partial charge in [-0.25, -0.2) is 0 Å². The Kier molecular flexibility index (Phi) is 5.24. The van der Waals surface area contributed by atoms with E-state index in [9.17, 15) is 0 Å². The Morgan fingerprint density at radius 3 is 2.94 bits per heavy atom. The molecule has 3 heteroatoms. The molecule has 0 atom stereocenters. The van der Waals surface area contributed by atoms with E-state index in [1.54, 1.807) is 7.11 Å². The van der Waals surface area contributed by atoms with Gasteiger partial charge in [0.25, 0.3) is 0 Å². The van der Waals surface area contributed by atoms with Crippen molar-refractivity contribution in [3.63, 3.8) is 0 Å². The first-order chi connectivity index (χ1) is 8.92. The minimum Gasteiger partial charge on any atom is -0.385 e. The second kappa shape index (κ2) is 7.19. The predicted octanol–water partition coefficient (Wildman–Crippen LogP) is 3.07. The van der Waals surface area contributed by atoms with Gasteiger partial charge in [0.05, 0.1) is 0 Å². The van der Waals surface area contributed by atoms with Gasteiger partial charge in [-0.15, -0.1) is 0 Å². The van der Waals surface area contributed by atoms with E-state index in [0.29, 0.717) is 0 Å². The SMILES string of the molecule is COCCCCCNCc1c[nH]c2ccccc12. The number of aromatic nitrogens is 1. The van der Waals surface area contributed by atoms with Crippen LogP contribution in [0, 0.1) is 0 Å². The molecule has 2 rings (SSSR count). The van der Waals surface area contributed by atoms with Crippen molar-refractivity contribution >= 4 is 10.9 Å². The third kappa shape index (κ3) is 3.59. The number of ether oxygens (including phenoxy) is 1. The van der Waals surface area contributed by atoms with Gasteiger partial charge >= 0.3 is 0 Å². The Hall–Kier alpha value is -1.32. The number of rotatable bonds is 8. The second-order valence-corrected chi connectivity index (χ2v) is 4.59. The maximum atomic E-state index is 5.03. The molecule has 0 spiro atoms.